The molecule has 5 heteroatoms. The maximum Gasteiger partial charge on any atom is 0.238 e. The third-order valence-electron chi connectivity index (χ3n) is 6.23. The molecular weight excluding hydrogens is 388 g/mol. The number of hydrogen-bond donors (Lipinski definition) is 2. The molecule has 3 heterocycles. The van der Waals surface area contributed by atoms with Crippen molar-refractivity contribution in [1.29, 1.82) is 0 Å². The number of fused-ring (bicyclic) bond motifs is 1. The lowest BCUT2D eigenvalue weighted by atomic mass is 9.96. The number of aryl methyl sites for hydroxylation is 1. The zero-order valence-electron chi connectivity index (χ0n) is 17.3. The van der Waals surface area contributed by atoms with Gasteiger partial charge in [-0.3, -0.25) is 4.90 Å². The molecule has 2 aromatic carbocycles. The van der Waals surface area contributed by atoms with Crippen LogP contribution in [0, 0.1) is 0 Å². The summed E-state index contributed by atoms with van der Waals surface area (Å²) in [6.45, 7) is 6.64. The summed E-state index contributed by atoms with van der Waals surface area (Å²) >= 11 is 1.81. The summed E-state index contributed by atoms with van der Waals surface area (Å²) in [7, 11) is 0. The average Bonchev–Trinajstić information content (AvgIpc) is 3.25. The Morgan fingerprint density at radius 3 is 2.10 bits per heavy atom. The normalized spacial score (nSPS) is 19.4. The molecule has 1 aliphatic heterocycles. The number of nitrogens with one attached hydrogen (secondary N) is 2. The minimum absolute atomic E-state index is 0.382. The van der Waals surface area contributed by atoms with E-state index in [-0.39, 0.29) is 0 Å². The van der Waals surface area contributed by atoms with E-state index in [2.05, 4.69) is 78.6 Å². The molecule has 0 bridgehead atoms. The monoisotopic (exact) mass is 416 g/mol. The molecule has 0 saturated carbocycles. The van der Waals surface area contributed by atoms with Gasteiger partial charge in [-0.25, -0.2) is 4.98 Å². The SMILES string of the molecule is CCc1cc2c([NH+]3CC[NH+](C(c4ccccc4)c4ccccc4)CC3)ncnc2s1. The van der Waals surface area contributed by atoms with Gasteiger partial charge in [0.05, 0.1) is 5.39 Å². The van der Waals surface area contributed by atoms with E-state index in [0.29, 0.717) is 6.04 Å². The Hall–Kier alpha value is -2.60. The first-order valence-electron chi connectivity index (χ1n) is 10.9. The minimum atomic E-state index is 0.382. The number of thiophene rings is 1. The summed E-state index contributed by atoms with van der Waals surface area (Å²) in [6, 6.07) is 24.6. The fraction of sp³-hybridized carbons (Fsp3) is 0.280. The average molecular weight is 417 g/mol. The Morgan fingerprint density at radius 1 is 0.867 bits per heavy atom. The van der Waals surface area contributed by atoms with E-state index in [1.807, 2.05) is 0 Å². The fourth-order valence-electron chi connectivity index (χ4n) is 4.71. The van der Waals surface area contributed by atoms with Crippen LogP contribution in [-0.4, -0.2) is 36.1 Å². The van der Waals surface area contributed by atoms with Crippen molar-refractivity contribution < 1.29 is 9.80 Å². The first-order chi connectivity index (χ1) is 14.8. The Labute approximate surface area is 181 Å². The number of aromatic nitrogens is 2. The molecule has 1 saturated heterocycles. The summed E-state index contributed by atoms with van der Waals surface area (Å²) in [5, 5.41) is 1.25. The highest BCUT2D eigenvalue weighted by Gasteiger charge is 2.33. The topological polar surface area (TPSA) is 34.7 Å². The van der Waals surface area contributed by atoms with Crippen molar-refractivity contribution in [3.8, 4) is 0 Å². The van der Waals surface area contributed by atoms with Gasteiger partial charge in [-0.2, -0.15) is 4.98 Å². The van der Waals surface area contributed by atoms with Gasteiger partial charge in [0, 0.05) is 16.0 Å². The van der Waals surface area contributed by atoms with Crippen LogP contribution in [0.1, 0.15) is 29.0 Å². The van der Waals surface area contributed by atoms with Gasteiger partial charge >= 0.3 is 0 Å². The summed E-state index contributed by atoms with van der Waals surface area (Å²) in [5.74, 6) is 1.19. The number of benzene rings is 2. The molecule has 0 spiro atoms. The number of quaternary nitrogens is 2. The van der Waals surface area contributed by atoms with Gasteiger partial charge < -0.3 is 4.90 Å². The smallest absolute Gasteiger partial charge is 0.238 e. The Morgan fingerprint density at radius 2 is 1.50 bits per heavy atom. The standard InChI is InChI=1S/C25H26N4S/c1-2-21-17-22-24(26-18-27-25(22)30-21)29-15-13-28(14-16-29)23(19-9-5-3-6-10-19)20-11-7-4-8-12-20/h3-12,17-18,23H,2,13-16H2,1H3/p+2. The third kappa shape index (κ3) is 3.76. The van der Waals surface area contributed by atoms with Crippen LogP contribution in [-0.2, 0) is 6.42 Å². The summed E-state index contributed by atoms with van der Waals surface area (Å²) < 4.78 is 0. The van der Waals surface area contributed by atoms with Crippen LogP contribution in [0.25, 0.3) is 10.2 Å². The van der Waals surface area contributed by atoms with Crippen molar-refractivity contribution in [3.05, 3.63) is 89.1 Å². The third-order valence-corrected chi connectivity index (χ3v) is 7.42. The van der Waals surface area contributed by atoms with Crippen molar-refractivity contribution in [2.45, 2.75) is 19.4 Å². The van der Waals surface area contributed by atoms with E-state index in [4.69, 9.17) is 4.98 Å². The Balaban J connectivity index is 1.40. The summed E-state index contributed by atoms with van der Waals surface area (Å²) in [5.41, 5.74) is 2.80. The summed E-state index contributed by atoms with van der Waals surface area (Å²) in [6.07, 6.45) is 2.81. The molecule has 4 nitrogen and oxygen atoms in total. The minimum Gasteiger partial charge on any atom is -0.316 e. The van der Waals surface area contributed by atoms with Crippen molar-refractivity contribution in [3.63, 3.8) is 0 Å². The molecule has 5 rings (SSSR count). The molecule has 0 radical (unpaired) electrons. The predicted molar refractivity (Wildman–Crippen MR) is 123 cm³/mol. The van der Waals surface area contributed by atoms with Crippen molar-refractivity contribution in [2.24, 2.45) is 0 Å². The first-order valence-corrected chi connectivity index (χ1v) is 11.7. The Kier molecular flexibility index (Phi) is 5.58. The largest absolute Gasteiger partial charge is 0.316 e. The summed E-state index contributed by atoms with van der Waals surface area (Å²) in [4.78, 5) is 14.9. The zero-order chi connectivity index (χ0) is 20.3. The van der Waals surface area contributed by atoms with Crippen LogP contribution in [0.2, 0.25) is 0 Å². The molecule has 1 aliphatic rings. The zero-order valence-corrected chi connectivity index (χ0v) is 18.2. The maximum absolute atomic E-state index is 4.71. The number of rotatable bonds is 5. The molecule has 0 amide bonds. The quantitative estimate of drug-likeness (QED) is 0.524. The number of piperazine rings is 1. The second-order valence-electron chi connectivity index (χ2n) is 8.02. The van der Waals surface area contributed by atoms with E-state index < -0.39 is 0 Å². The van der Waals surface area contributed by atoms with E-state index >= 15 is 0 Å². The molecule has 152 valence electrons. The van der Waals surface area contributed by atoms with Gasteiger partial charge in [0.15, 0.2) is 0 Å². The van der Waals surface area contributed by atoms with Crippen LogP contribution in [0.15, 0.2) is 73.1 Å². The van der Waals surface area contributed by atoms with Gasteiger partial charge in [-0.05, 0) is 12.5 Å². The second-order valence-corrected chi connectivity index (χ2v) is 9.14. The Bertz CT molecular complexity index is 1060. The molecule has 0 aliphatic carbocycles. The molecule has 0 unspecified atom stereocenters. The molecule has 0 atom stereocenters. The van der Waals surface area contributed by atoms with E-state index in [1.165, 1.54) is 32.1 Å². The van der Waals surface area contributed by atoms with E-state index in [0.717, 1.165) is 37.4 Å². The molecule has 4 aromatic rings. The highest BCUT2D eigenvalue weighted by atomic mass is 32.1. The molecule has 30 heavy (non-hydrogen) atoms. The lowest BCUT2D eigenvalue weighted by molar-refractivity contribution is -1.00. The van der Waals surface area contributed by atoms with Crippen molar-refractivity contribution >= 4 is 27.4 Å². The maximum atomic E-state index is 4.71. The number of nitrogens with zero attached hydrogens (tertiary/aromatic N) is 2. The van der Waals surface area contributed by atoms with E-state index in [1.54, 1.807) is 22.6 Å². The predicted octanol–water partition coefficient (Wildman–Crippen LogP) is 2.46. The van der Waals surface area contributed by atoms with Crippen molar-refractivity contribution in [1.82, 2.24) is 9.97 Å². The van der Waals surface area contributed by atoms with Gasteiger partial charge in [-0.15, -0.1) is 11.3 Å². The van der Waals surface area contributed by atoms with Gasteiger partial charge in [-0.1, -0.05) is 67.6 Å². The highest BCUT2D eigenvalue weighted by molar-refractivity contribution is 7.18. The lowest BCUT2D eigenvalue weighted by Gasteiger charge is -2.34. The van der Waals surface area contributed by atoms with Crippen LogP contribution >= 0.6 is 11.3 Å². The van der Waals surface area contributed by atoms with Gasteiger partial charge in [0.25, 0.3) is 0 Å². The van der Waals surface area contributed by atoms with E-state index in [9.17, 15) is 0 Å². The molecule has 2 aromatic heterocycles. The fourth-order valence-corrected chi connectivity index (χ4v) is 5.65. The first kappa shape index (κ1) is 19.4. The molecule has 1 fully saturated rings. The second kappa shape index (κ2) is 8.64. The van der Waals surface area contributed by atoms with Crippen LogP contribution < -0.4 is 9.80 Å². The van der Waals surface area contributed by atoms with Crippen LogP contribution in [0.5, 0.6) is 0 Å². The number of hydrogen-bond acceptors (Lipinski definition) is 3. The van der Waals surface area contributed by atoms with Crippen LogP contribution in [0.3, 0.4) is 0 Å². The van der Waals surface area contributed by atoms with Gasteiger partial charge in [0.2, 0.25) is 5.82 Å². The van der Waals surface area contributed by atoms with Gasteiger partial charge in [0.1, 0.15) is 43.4 Å². The molecular formula is C25H28N4S+2. The molecule has 2 N–H and O–H groups in total. The van der Waals surface area contributed by atoms with Crippen molar-refractivity contribution in [2.75, 3.05) is 26.2 Å². The highest BCUT2D eigenvalue weighted by Crippen LogP contribution is 2.26. The lowest BCUT2D eigenvalue weighted by Crippen LogP contribution is -3.26. The van der Waals surface area contributed by atoms with Crippen LogP contribution in [0.4, 0.5) is 5.82 Å².